The van der Waals surface area contributed by atoms with E-state index in [1.165, 1.54) is 7.11 Å². The Labute approximate surface area is 208 Å². The van der Waals surface area contributed by atoms with E-state index < -0.39 is 6.09 Å². The minimum atomic E-state index is -0.502. The number of nitrogens with one attached hydrogen (secondary N) is 3. The lowest BCUT2D eigenvalue weighted by Crippen LogP contribution is -2.39. The van der Waals surface area contributed by atoms with Gasteiger partial charge in [-0.15, -0.1) is 0 Å². The van der Waals surface area contributed by atoms with E-state index in [0.29, 0.717) is 25.3 Å². The van der Waals surface area contributed by atoms with Crippen molar-refractivity contribution in [2.75, 3.05) is 47.6 Å². The maximum Gasteiger partial charge on any atom is 0.406 e. The Hall–Kier alpha value is -2.94. The van der Waals surface area contributed by atoms with Crippen molar-refractivity contribution in [2.24, 2.45) is 0 Å². The summed E-state index contributed by atoms with van der Waals surface area (Å²) < 4.78 is 15.8. The molecule has 2 rings (SSSR count). The van der Waals surface area contributed by atoms with Gasteiger partial charge in [0.1, 0.15) is 6.10 Å². The normalized spacial score (nSPS) is 12.5. The first-order valence-electron chi connectivity index (χ1n) is 12.1. The lowest BCUT2D eigenvalue weighted by atomic mass is 9.99. The largest absolute Gasteiger partial charge is 0.453 e. The maximum absolute atomic E-state index is 12.9. The number of carbonyl (C=O) groups is 2. The lowest BCUT2D eigenvalue weighted by molar-refractivity contribution is 0.0804. The number of rotatable bonds is 16. The van der Waals surface area contributed by atoms with Crippen molar-refractivity contribution < 1.29 is 23.8 Å². The zero-order valence-electron chi connectivity index (χ0n) is 21.0. The Balaban J connectivity index is 2.00. The van der Waals surface area contributed by atoms with E-state index in [1.807, 2.05) is 55.6 Å². The van der Waals surface area contributed by atoms with E-state index in [1.54, 1.807) is 13.2 Å². The SMILES string of the molecule is CNC(CCCCCOC)CNC(=O)c1cccc(C(OCCNC(=O)OC)c2ccccc2)c1. The number of alkyl carbamates (subject to hydrolysis) is 1. The van der Waals surface area contributed by atoms with Crippen LogP contribution >= 0.6 is 0 Å². The molecule has 192 valence electrons. The van der Waals surface area contributed by atoms with E-state index in [0.717, 1.165) is 43.4 Å². The number of benzene rings is 2. The van der Waals surface area contributed by atoms with Crippen molar-refractivity contribution in [3.05, 3.63) is 71.3 Å². The molecule has 0 aliphatic rings. The summed E-state index contributed by atoms with van der Waals surface area (Å²) in [5.74, 6) is -0.120. The van der Waals surface area contributed by atoms with Gasteiger partial charge in [-0.2, -0.15) is 0 Å². The summed E-state index contributed by atoms with van der Waals surface area (Å²) in [6.07, 6.45) is 3.36. The van der Waals surface area contributed by atoms with Crippen LogP contribution in [0, 0.1) is 0 Å². The number of methoxy groups -OCH3 is 2. The molecule has 0 saturated carbocycles. The summed E-state index contributed by atoms with van der Waals surface area (Å²) in [5.41, 5.74) is 2.41. The maximum atomic E-state index is 12.9. The van der Waals surface area contributed by atoms with Crippen LogP contribution in [0.2, 0.25) is 0 Å². The fourth-order valence-corrected chi connectivity index (χ4v) is 3.74. The summed E-state index contributed by atoms with van der Waals surface area (Å²) in [7, 11) is 4.96. The zero-order chi connectivity index (χ0) is 25.3. The molecule has 2 aromatic carbocycles. The molecule has 0 spiro atoms. The minimum Gasteiger partial charge on any atom is -0.453 e. The Morgan fingerprint density at radius 3 is 2.37 bits per heavy atom. The molecular formula is C27H39N3O5. The molecule has 2 aromatic rings. The molecule has 2 unspecified atom stereocenters. The molecule has 0 radical (unpaired) electrons. The molecular weight excluding hydrogens is 446 g/mol. The number of hydrogen-bond donors (Lipinski definition) is 3. The smallest absolute Gasteiger partial charge is 0.406 e. The molecule has 8 heteroatoms. The number of likely N-dealkylation sites (N-methyl/N-ethyl adjacent to an activating group) is 1. The highest BCUT2D eigenvalue weighted by molar-refractivity contribution is 5.94. The van der Waals surface area contributed by atoms with Crippen LogP contribution in [-0.2, 0) is 14.2 Å². The van der Waals surface area contributed by atoms with Gasteiger partial charge < -0.3 is 30.2 Å². The van der Waals surface area contributed by atoms with E-state index in [4.69, 9.17) is 9.47 Å². The average Bonchev–Trinajstić information content (AvgIpc) is 2.90. The molecule has 3 N–H and O–H groups in total. The van der Waals surface area contributed by atoms with E-state index in [-0.39, 0.29) is 18.1 Å². The topological polar surface area (TPSA) is 97.9 Å². The highest BCUT2D eigenvalue weighted by atomic mass is 16.5. The number of carbonyl (C=O) groups excluding carboxylic acids is 2. The second-order valence-electron chi connectivity index (χ2n) is 8.24. The minimum absolute atomic E-state index is 0.120. The van der Waals surface area contributed by atoms with Crippen LogP contribution < -0.4 is 16.0 Å². The average molecular weight is 486 g/mol. The number of amides is 2. The molecule has 0 heterocycles. The molecule has 0 aromatic heterocycles. The highest BCUT2D eigenvalue weighted by Crippen LogP contribution is 2.26. The fraction of sp³-hybridized carbons (Fsp3) is 0.481. The van der Waals surface area contributed by atoms with Crippen molar-refractivity contribution in [1.29, 1.82) is 0 Å². The van der Waals surface area contributed by atoms with E-state index >= 15 is 0 Å². The van der Waals surface area contributed by atoms with Crippen molar-refractivity contribution in [3.8, 4) is 0 Å². The van der Waals surface area contributed by atoms with Gasteiger partial charge in [0.25, 0.3) is 5.91 Å². The van der Waals surface area contributed by atoms with Crippen LogP contribution in [0.5, 0.6) is 0 Å². The van der Waals surface area contributed by atoms with Crippen LogP contribution in [0.4, 0.5) is 4.79 Å². The number of hydrogen-bond acceptors (Lipinski definition) is 6. The zero-order valence-corrected chi connectivity index (χ0v) is 21.0. The quantitative estimate of drug-likeness (QED) is 0.314. The van der Waals surface area contributed by atoms with Gasteiger partial charge in [-0.25, -0.2) is 4.79 Å². The van der Waals surface area contributed by atoms with Gasteiger partial charge in [-0.05, 0) is 43.1 Å². The summed E-state index contributed by atoms with van der Waals surface area (Å²) in [5, 5.41) is 8.95. The molecule has 2 atom stereocenters. The van der Waals surface area contributed by atoms with Crippen molar-refractivity contribution in [3.63, 3.8) is 0 Å². The van der Waals surface area contributed by atoms with Crippen LogP contribution in [0.15, 0.2) is 54.6 Å². The van der Waals surface area contributed by atoms with Crippen molar-refractivity contribution in [1.82, 2.24) is 16.0 Å². The molecule has 35 heavy (non-hydrogen) atoms. The van der Waals surface area contributed by atoms with Crippen molar-refractivity contribution in [2.45, 2.75) is 37.8 Å². The second kappa shape index (κ2) is 16.6. The summed E-state index contributed by atoms with van der Waals surface area (Å²) in [6.45, 7) is 1.95. The third-order valence-electron chi connectivity index (χ3n) is 5.71. The first kappa shape index (κ1) is 28.3. The molecule has 0 aliphatic heterocycles. The predicted octanol–water partition coefficient (Wildman–Crippen LogP) is 3.67. The van der Waals surface area contributed by atoms with Gasteiger partial charge in [-0.3, -0.25) is 4.79 Å². The third kappa shape index (κ3) is 10.5. The van der Waals surface area contributed by atoms with Crippen molar-refractivity contribution >= 4 is 12.0 Å². The molecule has 0 aliphatic carbocycles. The molecule has 0 saturated heterocycles. The monoisotopic (exact) mass is 485 g/mol. The predicted molar refractivity (Wildman–Crippen MR) is 137 cm³/mol. The Kier molecular flexibility index (Phi) is 13.5. The Morgan fingerprint density at radius 1 is 0.886 bits per heavy atom. The van der Waals surface area contributed by atoms with Gasteiger partial charge in [0.05, 0.1) is 13.7 Å². The molecule has 8 nitrogen and oxygen atoms in total. The third-order valence-corrected chi connectivity index (χ3v) is 5.71. The van der Waals surface area contributed by atoms with Gasteiger partial charge in [0, 0.05) is 38.4 Å². The molecule has 0 fully saturated rings. The Bertz CT molecular complexity index is 878. The van der Waals surface area contributed by atoms with Crippen LogP contribution in [0.3, 0.4) is 0 Å². The van der Waals surface area contributed by atoms with Crippen LogP contribution in [0.1, 0.15) is 53.3 Å². The summed E-state index contributed by atoms with van der Waals surface area (Å²) >= 11 is 0. The number of ether oxygens (including phenoxy) is 3. The highest BCUT2D eigenvalue weighted by Gasteiger charge is 2.17. The molecule has 2 amide bonds. The van der Waals surface area contributed by atoms with E-state index in [9.17, 15) is 9.59 Å². The van der Waals surface area contributed by atoms with Crippen LogP contribution in [-0.4, -0.2) is 65.6 Å². The lowest BCUT2D eigenvalue weighted by Gasteiger charge is -2.20. The van der Waals surface area contributed by atoms with Gasteiger partial charge in [-0.1, -0.05) is 55.3 Å². The standard InChI is InChI=1S/C27H39N3O5/c1-28-24(15-8-5-9-17-33-2)20-30-26(31)23-14-10-13-22(19-23)25(21-11-6-4-7-12-21)35-18-16-29-27(32)34-3/h4,6-7,10-14,19,24-25,28H,5,8-9,15-18,20H2,1-3H3,(H,29,32)(H,30,31). The molecule has 0 bridgehead atoms. The van der Waals surface area contributed by atoms with Gasteiger partial charge >= 0.3 is 6.09 Å². The Morgan fingerprint density at radius 2 is 1.66 bits per heavy atom. The fourth-order valence-electron chi connectivity index (χ4n) is 3.74. The summed E-state index contributed by atoms with van der Waals surface area (Å²) in [6, 6.07) is 17.5. The first-order chi connectivity index (χ1) is 17.1. The second-order valence-corrected chi connectivity index (χ2v) is 8.24. The first-order valence-corrected chi connectivity index (χ1v) is 12.1. The van der Waals surface area contributed by atoms with E-state index in [2.05, 4.69) is 20.7 Å². The van der Waals surface area contributed by atoms with Crippen LogP contribution in [0.25, 0.3) is 0 Å². The number of unbranched alkanes of at least 4 members (excludes halogenated alkanes) is 2. The van der Waals surface area contributed by atoms with Gasteiger partial charge in [0.15, 0.2) is 0 Å². The summed E-state index contributed by atoms with van der Waals surface area (Å²) in [4.78, 5) is 24.2. The van der Waals surface area contributed by atoms with Gasteiger partial charge in [0.2, 0.25) is 0 Å².